The molecule has 0 aromatic heterocycles. The minimum Gasteiger partial charge on any atom is -0.480 e. The van der Waals surface area contributed by atoms with Crippen LogP contribution >= 0.6 is 0 Å². The molecule has 11 unspecified atom stereocenters. The van der Waals surface area contributed by atoms with Crippen LogP contribution in [0.3, 0.4) is 0 Å². The van der Waals surface area contributed by atoms with Gasteiger partial charge in [-0.2, -0.15) is 0 Å². The van der Waals surface area contributed by atoms with Gasteiger partial charge < -0.3 is 15.2 Å². The third kappa shape index (κ3) is 3.09. The first-order valence-corrected chi connectivity index (χ1v) is 14.5. The highest BCUT2D eigenvalue weighted by Crippen LogP contribution is 2.73. The maximum absolute atomic E-state index is 14.0. The standard InChI is InChI=1S/C29H41NO5/c1-11-12(2)19-9-18(11)22-20-10-21(23(19)22)25(24(20)27(31)30-13(3)28(32)33)29(34)35-26-16-5-14-4-15(7-16)8-17(26)6-14/h11-26H,4-10H2,1-3H3,(H,30,31)(H,32,33). The average Bonchev–Trinajstić information content (AvgIpc) is 3.54. The fourth-order valence-electron chi connectivity index (χ4n) is 11.6. The number of hydrogen-bond donors (Lipinski definition) is 2. The van der Waals surface area contributed by atoms with Crippen molar-refractivity contribution in [3.8, 4) is 0 Å². The molecule has 8 rings (SSSR count). The van der Waals surface area contributed by atoms with Gasteiger partial charge in [0.1, 0.15) is 12.1 Å². The lowest BCUT2D eigenvalue weighted by atomic mass is 9.55. The van der Waals surface area contributed by atoms with Crippen molar-refractivity contribution in [1.82, 2.24) is 5.32 Å². The molecule has 0 saturated heterocycles. The predicted molar refractivity (Wildman–Crippen MR) is 128 cm³/mol. The zero-order valence-corrected chi connectivity index (χ0v) is 21.3. The molecule has 0 aliphatic heterocycles. The van der Waals surface area contributed by atoms with E-state index in [-0.39, 0.29) is 29.8 Å². The number of ether oxygens (including phenoxy) is 1. The Morgan fingerprint density at radius 2 is 1.29 bits per heavy atom. The molecule has 0 aromatic rings. The number of esters is 1. The quantitative estimate of drug-likeness (QED) is 0.456. The van der Waals surface area contributed by atoms with Crippen LogP contribution in [0.4, 0.5) is 0 Å². The van der Waals surface area contributed by atoms with Gasteiger partial charge in [0.05, 0.1) is 11.8 Å². The Kier molecular flexibility index (Phi) is 4.98. The zero-order valence-electron chi connectivity index (χ0n) is 21.3. The smallest absolute Gasteiger partial charge is 0.325 e. The third-order valence-corrected chi connectivity index (χ3v) is 12.7. The van der Waals surface area contributed by atoms with E-state index in [4.69, 9.17) is 4.74 Å². The van der Waals surface area contributed by atoms with Crippen molar-refractivity contribution in [1.29, 1.82) is 0 Å². The maximum atomic E-state index is 14.0. The molecule has 1 amide bonds. The van der Waals surface area contributed by atoms with Crippen LogP contribution in [0.2, 0.25) is 0 Å². The second kappa shape index (κ2) is 7.71. The molecule has 0 heterocycles. The number of fused-ring (bicyclic) bond motifs is 9. The molecule has 2 N–H and O–H groups in total. The number of carboxylic acids is 1. The molecule has 6 heteroatoms. The Hall–Kier alpha value is -1.59. The Labute approximate surface area is 208 Å². The lowest BCUT2D eigenvalue weighted by Gasteiger charge is -2.54. The van der Waals surface area contributed by atoms with Crippen LogP contribution in [-0.4, -0.2) is 35.1 Å². The first-order valence-electron chi connectivity index (χ1n) is 14.5. The van der Waals surface area contributed by atoms with Gasteiger partial charge in [0, 0.05) is 0 Å². The molecule has 0 aromatic carbocycles. The highest BCUT2D eigenvalue weighted by Gasteiger charge is 2.71. The third-order valence-electron chi connectivity index (χ3n) is 12.7. The van der Waals surface area contributed by atoms with Gasteiger partial charge in [-0.1, -0.05) is 13.8 Å². The number of nitrogens with one attached hydrogen (secondary N) is 1. The molecule has 192 valence electrons. The fraction of sp³-hybridized carbons (Fsp3) is 0.897. The van der Waals surface area contributed by atoms with Gasteiger partial charge in [-0.15, -0.1) is 0 Å². The van der Waals surface area contributed by atoms with E-state index in [1.807, 2.05) is 0 Å². The number of hydrogen-bond acceptors (Lipinski definition) is 4. The molecular formula is C29H41NO5. The van der Waals surface area contributed by atoms with E-state index in [1.54, 1.807) is 0 Å². The molecule has 8 aliphatic rings. The van der Waals surface area contributed by atoms with Gasteiger partial charge in [0.2, 0.25) is 5.91 Å². The molecule has 8 bridgehead atoms. The maximum Gasteiger partial charge on any atom is 0.325 e. The van der Waals surface area contributed by atoms with E-state index in [2.05, 4.69) is 19.2 Å². The molecule has 0 spiro atoms. The van der Waals surface area contributed by atoms with E-state index >= 15 is 0 Å². The van der Waals surface area contributed by atoms with Crippen molar-refractivity contribution in [2.24, 2.45) is 82.9 Å². The summed E-state index contributed by atoms with van der Waals surface area (Å²) in [6, 6.07) is -0.947. The normalized spacial score (nSPS) is 55.1. The van der Waals surface area contributed by atoms with Crippen molar-refractivity contribution >= 4 is 17.8 Å². The lowest BCUT2D eigenvalue weighted by Crippen LogP contribution is -2.54. The Morgan fingerprint density at radius 3 is 1.83 bits per heavy atom. The van der Waals surface area contributed by atoms with Crippen LogP contribution in [0.1, 0.15) is 65.7 Å². The monoisotopic (exact) mass is 483 g/mol. The minimum absolute atomic E-state index is 0.0332. The number of carbonyl (C=O) groups excluding carboxylic acids is 2. The summed E-state index contributed by atoms with van der Waals surface area (Å²) in [4.78, 5) is 39.0. The topological polar surface area (TPSA) is 92.7 Å². The fourth-order valence-corrected chi connectivity index (χ4v) is 11.6. The number of amides is 1. The van der Waals surface area contributed by atoms with Crippen LogP contribution in [0, 0.1) is 82.9 Å². The molecule has 11 atom stereocenters. The average molecular weight is 484 g/mol. The van der Waals surface area contributed by atoms with Crippen molar-refractivity contribution in [2.45, 2.75) is 77.9 Å². The second-order valence-electron chi connectivity index (χ2n) is 14.0. The van der Waals surface area contributed by atoms with Crippen LogP contribution in [-0.2, 0) is 19.1 Å². The number of rotatable bonds is 5. The molecular weight excluding hydrogens is 442 g/mol. The first-order chi connectivity index (χ1) is 16.7. The van der Waals surface area contributed by atoms with Gasteiger partial charge in [-0.25, -0.2) is 0 Å². The Morgan fingerprint density at radius 1 is 0.771 bits per heavy atom. The predicted octanol–water partition coefficient (Wildman–Crippen LogP) is 3.98. The van der Waals surface area contributed by atoms with Crippen LogP contribution < -0.4 is 5.32 Å². The Bertz CT molecular complexity index is 919. The van der Waals surface area contributed by atoms with Crippen LogP contribution in [0.25, 0.3) is 0 Å². The highest BCUT2D eigenvalue weighted by molar-refractivity contribution is 5.89. The van der Waals surface area contributed by atoms with E-state index in [0.29, 0.717) is 47.3 Å². The van der Waals surface area contributed by atoms with Gasteiger partial charge in [0.25, 0.3) is 0 Å². The summed E-state index contributed by atoms with van der Waals surface area (Å²) in [7, 11) is 0. The molecule has 8 fully saturated rings. The summed E-state index contributed by atoms with van der Waals surface area (Å²) in [5.41, 5.74) is 0. The number of aliphatic carboxylic acids is 1. The van der Waals surface area contributed by atoms with Crippen molar-refractivity contribution in [3.05, 3.63) is 0 Å². The van der Waals surface area contributed by atoms with Gasteiger partial charge >= 0.3 is 11.9 Å². The van der Waals surface area contributed by atoms with Crippen LogP contribution in [0.15, 0.2) is 0 Å². The summed E-state index contributed by atoms with van der Waals surface area (Å²) >= 11 is 0. The largest absolute Gasteiger partial charge is 0.480 e. The van der Waals surface area contributed by atoms with Crippen LogP contribution in [0.5, 0.6) is 0 Å². The first kappa shape index (κ1) is 22.6. The summed E-state index contributed by atoms with van der Waals surface area (Å²) in [6.45, 7) is 6.27. The molecule has 6 nitrogen and oxygen atoms in total. The summed E-state index contributed by atoms with van der Waals surface area (Å²) < 4.78 is 6.44. The van der Waals surface area contributed by atoms with E-state index in [1.165, 1.54) is 45.4 Å². The van der Waals surface area contributed by atoms with E-state index in [9.17, 15) is 19.5 Å². The van der Waals surface area contributed by atoms with E-state index in [0.717, 1.165) is 18.3 Å². The van der Waals surface area contributed by atoms with E-state index < -0.39 is 23.8 Å². The number of carbonyl (C=O) groups is 3. The summed E-state index contributed by atoms with van der Waals surface area (Å²) in [6.07, 6.45) is 8.37. The summed E-state index contributed by atoms with van der Waals surface area (Å²) in [5, 5.41) is 12.2. The summed E-state index contributed by atoms with van der Waals surface area (Å²) in [5.74, 6) is 4.51. The van der Waals surface area contributed by atoms with Gasteiger partial charge in [0.15, 0.2) is 0 Å². The Balaban J connectivity index is 1.16. The molecule has 8 aliphatic carbocycles. The highest BCUT2D eigenvalue weighted by atomic mass is 16.5. The molecule has 35 heavy (non-hydrogen) atoms. The van der Waals surface area contributed by atoms with Gasteiger partial charge in [-0.3, -0.25) is 14.4 Å². The number of carboxylic acid groups (broad SMARTS) is 1. The van der Waals surface area contributed by atoms with Crippen molar-refractivity contribution in [2.75, 3.05) is 0 Å². The second-order valence-corrected chi connectivity index (χ2v) is 14.0. The lowest BCUT2D eigenvalue weighted by molar-refractivity contribution is -0.182. The zero-order chi connectivity index (χ0) is 24.3. The van der Waals surface area contributed by atoms with Crippen molar-refractivity contribution in [3.63, 3.8) is 0 Å². The molecule has 8 saturated carbocycles. The van der Waals surface area contributed by atoms with Crippen molar-refractivity contribution < 1.29 is 24.2 Å². The van der Waals surface area contributed by atoms with Gasteiger partial charge in [-0.05, 0) is 123 Å². The SMILES string of the molecule is CC(NC(=O)C1C2CC(C1C(=O)OC1C3CC4CC(C3)CC1C4)C1C3CC(C(C)C3C)C21)C(=O)O. The minimum atomic E-state index is -1.03. The molecule has 0 radical (unpaired) electrons.